The molecule has 0 amide bonds. The molecule has 1 rings (SSSR count). The van der Waals surface area contributed by atoms with Gasteiger partial charge in [0.1, 0.15) is 5.75 Å². The first-order chi connectivity index (χ1) is 7.94. The average molecular weight is 233 g/mol. The number of hydrogen-bond donors (Lipinski definition) is 1. The van der Waals surface area contributed by atoms with E-state index in [1.54, 1.807) is 6.92 Å². The number of hydrogen-bond acceptors (Lipinski definition) is 3. The van der Waals surface area contributed by atoms with Gasteiger partial charge in [0.25, 0.3) is 0 Å². The van der Waals surface area contributed by atoms with Crippen molar-refractivity contribution in [2.24, 2.45) is 5.41 Å². The van der Waals surface area contributed by atoms with E-state index in [-0.39, 0.29) is 5.41 Å². The highest BCUT2D eigenvalue weighted by Gasteiger charge is 2.16. The van der Waals surface area contributed by atoms with Gasteiger partial charge >= 0.3 is 0 Å². The highest BCUT2D eigenvalue weighted by atomic mass is 16.5. The zero-order valence-electron chi connectivity index (χ0n) is 10.6. The zero-order chi connectivity index (χ0) is 12.9. The number of ether oxygens (including phenoxy) is 1. The Morgan fingerprint density at radius 1 is 1.47 bits per heavy atom. The van der Waals surface area contributed by atoms with E-state index in [0.29, 0.717) is 13.0 Å². The molecule has 0 heterocycles. The Kier molecular flexibility index (Phi) is 4.53. The zero-order valence-corrected chi connectivity index (χ0v) is 10.6. The van der Waals surface area contributed by atoms with Crippen LogP contribution in [0, 0.1) is 16.7 Å². The van der Waals surface area contributed by atoms with Gasteiger partial charge in [-0.15, -0.1) is 0 Å². The van der Waals surface area contributed by atoms with E-state index in [4.69, 9.17) is 10.00 Å². The summed E-state index contributed by atoms with van der Waals surface area (Å²) >= 11 is 0. The molecule has 0 unspecified atom stereocenters. The van der Waals surface area contributed by atoms with Gasteiger partial charge in [0.05, 0.1) is 24.2 Å². The Morgan fingerprint density at radius 2 is 2.18 bits per heavy atom. The third-order valence-electron chi connectivity index (χ3n) is 2.64. The fraction of sp³-hybridized carbons (Fsp3) is 0.500. The molecule has 0 radical (unpaired) electrons. The topological polar surface area (TPSA) is 53.2 Å². The molecule has 0 spiro atoms. The molecule has 17 heavy (non-hydrogen) atoms. The maximum absolute atomic E-state index is 9.44. The van der Waals surface area contributed by atoms with Crippen LogP contribution >= 0.6 is 0 Å². The van der Waals surface area contributed by atoms with Crippen LogP contribution in [-0.4, -0.2) is 11.7 Å². The third kappa shape index (κ3) is 4.46. The predicted molar refractivity (Wildman–Crippen MR) is 66.6 cm³/mol. The molecule has 0 bridgehead atoms. The third-order valence-corrected chi connectivity index (χ3v) is 2.64. The van der Waals surface area contributed by atoms with Crippen molar-refractivity contribution < 1.29 is 9.84 Å². The second-order valence-electron chi connectivity index (χ2n) is 4.84. The van der Waals surface area contributed by atoms with Crippen LogP contribution in [0.3, 0.4) is 0 Å². The Morgan fingerprint density at radius 3 is 2.76 bits per heavy atom. The first-order valence-corrected chi connectivity index (χ1v) is 5.77. The first-order valence-electron chi connectivity index (χ1n) is 5.77. The molecule has 1 aromatic rings. The molecular weight excluding hydrogens is 214 g/mol. The summed E-state index contributed by atoms with van der Waals surface area (Å²) in [7, 11) is 0. The molecule has 0 fully saturated rings. The molecule has 1 aromatic carbocycles. The standard InChI is InChI=1S/C14H19NO2/c1-11(16)12-5-4-6-13(9-12)17-8-7-14(2,3)10-15/h4-6,9,11,16H,7-8H2,1-3H3/t11-/m1/s1. The summed E-state index contributed by atoms with van der Waals surface area (Å²) in [5.41, 5.74) is 0.476. The largest absolute Gasteiger partial charge is 0.494 e. The summed E-state index contributed by atoms with van der Waals surface area (Å²) in [4.78, 5) is 0. The van der Waals surface area contributed by atoms with Crippen molar-refractivity contribution in [1.29, 1.82) is 5.26 Å². The molecule has 0 aliphatic carbocycles. The summed E-state index contributed by atoms with van der Waals surface area (Å²) < 4.78 is 5.57. The summed E-state index contributed by atoms with van der Waals surface area (Å²) in [5, 5.41) is 18.3. The van der Waals surface area contributed by atoms with E-state index in [9.17, 15) is 5.11 Å². The normalized spacial score (nSPS) is 12.9. The summed E-state index contributed by atoms with van der Waals surface area (Å²) in [6, 6.07) is 9.62. The van der Waals surface area contributed by atoms with Crippen LogP contribution in [0.1, 0.15) is 38.9 Å². The van der Waals surface area contributed by atoms with Crippen LogP contribution in [0.2, 0.25) is 0 Å². The minimum atomic E-state index is -0.492. The van der Waals surface area contributed by atoms with E-state index in [1.165, 1.54) is 0 Å². The number of benzene rings is 1. The van der Waals surface area contributed by atoms with Crippen molar-refractivity contribution in [2.75, 3.05) is 6.61 Å². The lowest BCUT2D eigenvalue weighted by molar-refractivity contribution is 0.198. The molecule has 0 saturated heterocycles. The molecule has 3 nitrogen and oxygen atoms in total. The van der Waals surface area contributed by atoms with E-state index in [0.717, 1.165) is 11.3 Å². The van der Waals surface area contributed by atoms with Crippen LogP contribution < -0.4 is 4.74 Å². The number of nitrogens with zero attached hydrogens (tertiary/aromatic N) is 1. The van der Waals surface area contributed by atoms with E-state index in [1.807, 2.05) is 38.1 Å². The van der Waals surface area contributed by atoms with Gasteiger partial charge < -0.3 is 9.84 Å². The van der Waals surface area contributed by atoms with Crippen molar-refractivity contribution in [3.63, 3.8) is 0 Å². The monoisotopic (exact) mass is 233 g/mol. The molecule has 3 heteroatoms. The van der Waals surface area contributed by atoms with E-state index >= 15 is 0 Å². The minimum Gasteiger partial charge on any atom is -0.494 e. The van der Waals surface area contributed by atoms with Crippen molar-refractivity contribution >= 4 is 0 Å². The molecule has 92 valence electrons. The van der Waals surface area contributed by atoms with Crippen LogP contribution in [0.4, 0.5) is 0 Å². The Hall–Kier alpha value is -1.53. The summed E-state index contributed by atoms with van der Waals surface area (Å²) in [6.45, 7) is 6.01. The molecule has 0 aromatic heterocycles. The van der Waals surface area contributed by atoms with Crippen molar-refractivity contribution in [3.8, 4) is 11.8 Å². The van der Waals surface area contributed by atoms with Gasteiger partial charge in [-0.25, -0.2) is 0 Å². The second-order valence-corrected chi connectivity index (χ2v) is 4.84. The SMILES string of the molecule is C[C@@H](O)c1cccc(OCCC(C)(C)C#N)c1. The lowest BCUT2D eigenvalue weighted by atomic mass is 9.92. The lowest BCUT2D eigenvalue weighted by Crippen LogP contribution is -2.13. The van der Waals surface area contributed by atoms with Crippen molar-refractivity contribution in [1.82, 2.24) is 0 Å². The van der Waals surface area contributed by atoms with Gasteiger partial charge in [0, 0.05) is 0 Å². The van der Waals surface area contributed by atoms with Crippen LogP contribution in [0.25, 0.3) is 0 Å². The van der Waals surface area contributed by atoms with Gasteiger partial charge in [0.2, 0.25) is 0 Å². The maximum Gasteiger partial charge on any atom is 0.119 e. The number of nitriles is 1. The molecule has 0 aliphatic rings. The van der Waals surface area contributed by atoms with Gasteiger partial charge in [-0.2, -0.15) is 5.26 Å². The number of rotatable bonds is 5. The Bertz CT molecular complexity index is 405. The molecule has 1 N–H and O–H groups in total. The maximum atomic E-state index is 9.44. The smallest absolute Gasteiger partial charge is 0.119 e. The number of aliphatic hydroxyl groups excluding tert-OH is 1. The summed E-state index contributed by atoms with van der Waals surface area (Å²) in [6.07, 6.45) is 0.191. The fourth-order valence-electron chi connectivity index (χ4n) is 1.34. The molecule has 1 atom stereocenters. The van der Waals surface area contributed by atoms with Gasteiger partial charge in [-0.05, 0) is 44.9 Å². The van der Waals surface area contributed by atoms with Crippen molar-refractivity contribution in [2.45, 2.75) is 33.3 Å². The second kappa shape index (κ2) is 5.70. The predicted octanol–water partition coefficient (Wildman–Crippen LogP) is 3.06. The quantitative estimate of drug-likeness (QED) is 0.850. The van der Waals surface area contributed by atoms with Gasteiger partial charge in [-0.1, -0.05) is 12.1 Å². The van der Waals surface area contributed by atoms with Crippen LogP contribution in [-0.2, 0) is 0 Å². The molecular formula is C14H19NO2. The van der Waals surface area contributed by atoms with Gasteiger partial charge in [-0.3, -0.25) is 0 Å². The highest BCUT2D eigenvalue weighted by molar-refractivity contribution is 5.29. The lowest BCUT2D eigenvalue weighted by Gasteiger charge is -2.15. The van der Waals surface area contributed by atoms with Crippen LogP contribution in [0.15, 0.2) is 24.3 Å². The Balaban J connectivity index is 2.53. The van der Waals surface area contributed by atoms with E-state index < -0.39 is 6.10 Å². The highest BCUT2D eigenvalue weighted by Crippen LogP contribution is 2.22. The Labute approximate surface area is 103 Å². The molecule has 0 aliphatic heterocycles. The number of aliphatic hydroxyl groups is 1. The van der Waals surface area contributed by atoms with E-state index in [2.05, 4.69) is 6.07 Å². The first kappa shape index (κ1) is 13.5. The summed E-state index contributed by atoms with van der Waals surface area (Å²) in [5.74, 6) is 0.733. The van der Waals surface area contributed by atoms with Crippen LogP contribution in [0.5, 0.6) is 5.75 Å². The molecule has 0 saturated carbocycles. The average Bonchev–Trinajstić information content (AvgIpc) is 2.29. The van der Waals surface area contributed by atoms with Gasteiger partial charge in [0.15, 0.2) is 0 Å². The van der Waals surface area contributed by atoms with Crippen molar-refractivity contribution in [3.05, 3.63) is 29.8 Å². The minimum absolute atomic E-state index is 0.359. The fourth-order valence-corrected chi connectivity index (χ4v) is 1.34.